The topological polar surface area (TPSA) is 60.4 Å². The Balaban J connectivity index is 2.60. The molecule has 1 unspecified atom stereocenters. The van der Waals surface area contributed by atoms with Crippen molar-refractivity contribution in [2.45, 2.75) is 38.3 Å². The molecule has 1 atom stereocenters. The van der Waals surface area contributed by atoms with Gasteiger partial charge in [-0.05, 0) is 48.7 Å². The van der Waals surface area contributed by atoms with E-state index in [4.69, 9.17) is 15.0 Å². The molecule has 0 aromatic carbocycles. The van der Waals surface area contributed by atoms with E-state index in [0.717, 1.165) is 23.1 Å². The molecule has 0 bridgehead atoms. The van der Waals surface area contributed by atoms with E-state index in [2.05, 4.69) is 35.2 Å². The minimum absolute atomic E-state index is 0.0718. The number of furan rings is 1. The Morgan fingerprint density at radius 3 is 2.75 bits per heavy atom. The number of rotatable bonds is 6. The van der Waals surface area contributed by atoms with E-state index in [1.54, 1.807) is 13.4 Å². The highest BCUT2D eigenvalue weighted by atomic mass is 79.9. The van der Waals surface area contributed by atoms with Gasteiger partial charge >= 0.3 is 0 Å². The Hall–Kier alpha value is -0.360. The zero-order valence-corrected chi connectivity index (χ0v) is 11.5. The van der Waals surface area contributed by atoms with Gasteiger partial charge in [0.25, 0.3) is 0 Å². The fraction of sp³-hybridized carbons (Fsp3) is 0.636. The Morgan fingerprint density at radius 2 is 2.31 bits per heavy atom. The summed E-state index contributed by atoms with van der Waals surface area (Å²) in [7, 11) is 1.72. The van der Waals surface area contributed by atoms with Crippen LogP contribution in [0.4, 0.5) is 0 Å². The van der Waals surface area contributed by atoms with Gasteiger partial charge in [-0.15, -0.1) is 0 Å². The van der Waals surface area contributed by atoms with E-state index in [1.165, 1.54) is 0 Å². The minimum Gasteiger partial charge on any atom is -0.457 e. The first-order chi connectivity index (χ1) is 7.50. The first-order valence-corrected chi connectivity index (χ1v) is 6.03. The van der Waals surface area contributed by atoms with Gasteiger partial charge in [0, 0.05) is 12.7 Å². The van der Waals surface area contributed by atoms with E-state index in [-0.39, 0.29) is 11.6 Å². The predicted molar refractivity (Wildman–Crippen MR) is 66.8 cm³/mol. The summed E-state index contributed by atoms with van der Waals surface area (Å²) in [5.74, 6) is 5.55. The van der Waals surface area contributed by atoms with Crippen molar-refractivity contribution in [3.63, 3.8) is 0 Å². The molecule has 0 aliphatic heterocycles. The molecule has 3 N–H and O–H groups in total. The quantitative estimate of drug-likeness (QED) is 0.625. The second kappa shape index (κ2) is 5.82. The van der Waals surface area contributed by atoms with Crippen LogP contribution in [-0.2, 0) is 4.74 Å². The number of hydrogen-bond acceptors (Lipinski definition) is 4. The summed E-state index contributed by atoms with van der Waals surface area (Å²) in [6.07, 6.45) is 3.44. The van der Waals surface area contributed by atoms with Gasteiger partial charge in [0.05, 0.1) is 17.9 Å². The largest absolute Gasteiger partial charge is 0.457 e. The molecule has 0 aliphatic rings. The highest BCUT2D eigenvalue weighted by molar-refractivity contribution is 9.10. The summed E-state index contributed by atoms with van der Waals surface area (Å²) in [6, 6.07) is 1.98. The van der Waals surface area contributed by atoms with Gasteiger partial charge in [0.1, 0.15) is 0 Å². The van der Waals surface area contributed by atoms with Crippen LogP contribution < -0.4 is 11.3 Å². The molecule has 0 spiro atoms. The maximum absolute atomic E-state index is 5.55. The van der Waals surface area contributed by atoms with Gasteiger partial charge in [-0.2, -0.15) is 0 Å². The van der Waals surface area contributed by atoms with Crippen LogP contribution in [0.1, 0.15) is 38.3 Å². The Morgan fingerprint density at radius 1 is 1.62 bits per heavy atom. The average molecular weight is 291 g/mol. The van der Waals surface area contributed by atoms with Crippen LogP contribution in [0.15, 0.2) is 21.4 Å². The SMILES string of the molecule is COC(C)(C)CCC(NN)c1ccoc1Br. The highest BCUT2D eigenvalue weighted by Gasteiger charge is 2.21. The van der Waals surface area contributed by atoms with Crippen LogP contribution in [0.3, 0.4) is 0 Å². The third-order valence-electron chi connectivity index (χ3n) is 2.81. The zero-order chi connectivity index (χ0) is 12.2. The Bertz CT molecular complexity index is 326. The van der Waals surface area contributed by atoms with Gasteiger partial charge in [-0.3, -0.25) is 11.3 Å². The summed E-state index contributed by atoms with van der Waals surface area (Å²) in [5.41, 5.74) is 3.70. The molecule has 0 aliphatic carbocycles. The van der Waals surface area contributed by atoms with E-state index < -0.39 is 0 Å². The Labute approximate surface area is 105 Å². The fourth-order valence-corrected chi connectivity index (χ4v) is 1.99. The third-order valence-corrected chi connectivity index (χ3v) is 3.46. The van der Waals surface area contributed by atoms with Crippen molar-refractivity contribution < 1.29 is 9.15 Å². The molecule has 0 radical (unpaired) electrons. The molecular weight excluding hydrogens is 272 g/mol. The van der Waals surface area contributed by atoms with Crippen LogP contribution in [0.5, 0.6) is 0 Å². The number of hydrogen-bond donors (Lipinski definition) is 2. The lowest BCUT2D eigenvalue weighted by Crippen LogP contribution is -2.31. The minimum atomic E-state index is -0.134. The number of nitrogens with two attached hydrogens (primary N) is 1. The van der Waals surface area contributed by atoms with Crippen LogP contribution >= 0.6 is 15.9 Å². The maximum Gasteiger partial charge on any atom is 0.173 e. The van der Waals surface area contributed by atoms with Gasteiger partial charge in [0.15, 0.2) is 4.67 Å². The summed E-state index contributed by atoms with van der Waals surface area (Å²) < 4.78 is 11.3. The van der Waals surface area contributed by atoms with Gasteiger partial charge in [-0.1, -0.05) is 0 Å². The molecule has 0 amide bonds. The lowest BCUT2D eigenvalue weighted by Gasteiger charge is -2.25. The number of hydrazine groups is 1. The second-order valence-electron chi connectivity index (χ2n) is 4.37. The lowest BCUT2D eigenvalue weighted by atomic mass is 9.96. The van der Waals surface area contributed by atoms with Crippen molar-refractivity contribution >= 4 is 15.9 Å². The Kier molecular flexibility index (Phi) is 4.98. The maximum atomic E-state index is 5.55. The molecule has 0 fully saturated rings. The molecule has 92 valence electrons. The van der Waals surface area contributed by atoms with Gasteiger partial charge in [-0.25, -0.2) is 0 Å². The summed E-state index contributed by atoms with van der Waals surface area (Å²) in [6.45, 7) is 4.12. The van der Waals surface area contributed by atoms with Gasteiger partial charge in [0.2, 0.25) is 0 Å². The van der Waals surface area contributed by atoms with Crippen molar-refractivity contribution in [2.24, 2.45) is 5.84 Å². The number of halogens is 1. The molecule has 16 heavy (non-hydrogen) atoms. The molecule has 4 nitrogen and oxygen atoms in total. The van der Waals surface area contributed by atoms with E-state index in [9.17, 15) is 0 Å². The molecular formula is C11H19BrN2O2. The smallest absolute Gasteiger partial charge is 0.173 e. The van der Waals surface area contributed by atoms with Crippen molar-refractivity contribution in [2.75, 3.05) is 7.11 Å². The molecule has 1 heterocycles. The van der Waals surface area contributed by atoms with Crippen LogP contribution in [0, 0.1) is 0 Å². The summed E-state index contributed by atoms with van der Waals surface area (Å²) in [5, 5.41) is 0. The number of ether oxygens (including phenoxy) is 1. The molecule has 0 saturated heterocycles. The van der Waals surface area contributed by atoms with E-state index >= 15 is 0 Å². The first-order valence-electron chi connectivity index (χ1n) is 5.24. The molecule has 0 saturated carbocycles. The fourth-order valence-electron chi connectivity index (χ4n) is 1.48. The van der Waals surface area contributed by atoms with Crippen molar-refractivity contribution in [3.8, 4) is 0 Å². The lowest BCUT2D eigenvalue weighted by molar-refractivity contribution is 0.0116. The second-order valence-corrected chi connectivity index (χ2v) is 5.09. The van der Waals surface area contributed by atoms with Crippen LogP contribution in [0.2, 0.25) is 0 Å². The van der Waals surface area contributed by atoms with Crippen LogP contribution in [-0.4, -0.2) is 12.7 Å². The summed E-state index contributed by atoms with van der Waals surface area (Å²) in [4.78, 5) is 0. The molecule has 1 aromatic rings. The van der Waals surface area contributed by atoms with Crippen LogP contribution in [0.25, 0.3) is 0 Å². The highest BCUT2D eigenvalue weighted by Crippen LogP contribution is 2.29. The van der Waals surface area contributed by atoms with Crippen molar-refractivity contribution in [1.29, 1.82) is 0 Å². The monoisotopic (exact) mass is 290 g/mol. The predicted octanol–water partition coefficient (Wildman–Crippen LogP) is 2.75. The van der Waals surface area contributed by atoms with Gasteiger partial charge < -0.3 is 9.15 Å². The molecule has 1 aromatic heterocycles. The van der Waals surface area contributed by atoms with Crippen molar-refractivity contribution in [3.05, 3.63) is 22.6 Å². The van der Waals surface area contributed by atoms with Crippen molar-refractivity contribution in [1.82, 2.24) is 5.43 Å². The molecule has 5 heteroatoms. The number of nitrogens with one attached hydrogen (secondary N) is 1. The normalized spacial score (nSPS) is 14.1. The summed E-state index contributed by atoms with van der Waals surface area (Å²) >= 11 is 3.35. The average Bonchev–Trinajstić information content (AvgIpc) is 2.66. The zero-order valence-electron chi connectivity index (χ0n) is 9.92. The number of methoxy groups -OCH3 is 1. The van der Waals surface area contributed by atoms with E-state index in [0.29, 0.717) is 0 Å². The molecule has 1 rings (SSSR count). The standard InChI is InChI=1S/C11H19BrN2O2/c1-11(2,15-3)6-4-9(14-13)8-5-7-16-10(8)12/h5,7,9,14H,4,6,13H2,1-3H3. The van der Waals surface area contributed by atoms with E-state index in [1.807, 2.05) is 6.07 Å². The first kappa shape index (κ1) is 13.7. The third kappa shape index (κ3) is 3.59.